The molecule has 2 rings (SSSR count). The van der Waals surface area contributed by atoms with Crippen molar-refractivity contribution in [2.75, 3.05) is 12.8 Å². The van der Waals surface area contributed by atoms with E-state index in [9.17, 15) is 0 Å². The first kappa shape index (κ1) is 11.8. The number of methoxy groups -OCH3 is 1. The van der Waals surface area contributed by atoms with Crippen LogP contribution in [0.5, 0.6) is 5.75 Å². The van der Waals surface area contributed by atoms with Crippen molar-refractivity contribution in [3.05, 3.63) is 40.5 Å². The number of halogens is 1. The van der Waals surface area contributed by atoms with Crippen LogP contribution in [0.1, 0.15) is 11.3 Å². The summed E-state index contributed by atoms with van der Waals surface area (Å²) in [6, 6.07) is 7.48. The van der Waals surface area contributed by atoms with E-state index in [2.05, 4.69) is 5.10 Å². The Kier molecular flexibility index (Phi) is 3.24. The first-order chi connectivity index (χ1) is 8.10. The third-order valence-electron chi connectivity index (χ3n) is 2.48. The quantitative estimate of drug-likeness (QED) is 0.912. The highest BCUT2D eigenvalue weighted by Gasteiger charge is 2.05. The van der Waals surface area contributed by atoms with Gasteiger partial charge in [-0.25, -0.2) is 4.68 Å². The fourth-order valence-electron chi connectivity index (χ4n) is 1.67. The molecule has 0 saturated carbocycles. The van der Waals surface area contributed by atoms with Gasteiger partial charge in [0.2, 0.25) is 0 Å². The second-order valence-corrected chi connectivity index (χ2v) is 4.24. The van der Waals surface area contributed by atoms with Gasteiger partial charge in [0.15, 0.2) is 0 Å². The summed E-state index contributed by atoms with van der Waals surface area (Å²) in [6.07, 6.45) is 0. The predicted molar refractivity (Wildman–Crippen MR) is 68.5 cm³/mol. The minimum Gasteiger partial charge on any atom is -0.495 e. The molecule has 17 heavy (non-hydrogen) atoms. The van der Waals surface area contributed by atoms with Crippen molar-refractivity contribution in [3.8, 4) is 5.75 Å². The zero-order chi connectivity index (χ0) is 12.4. The van der Waals surface area contributed by atoms with Crippen LogP contribution in [0.25, 0.3) is 0 Å². The Bertz CT molecular complexity index is 537. The Balaban J connectivity index is 2.24. The summed E-state index contributed by atoms with van der Waals surface area (Å²) in [5.41, 5.74) is 7.76. The third kappa shape index (κ3) is 2.53. The van der Waals surface area contributed by atoms with Crippen molar-refractivity contribution in [1.82, 2.24) is 9.78 Å². The molecular weight excluding hydrogens is 238 g/mol. The van der Waals surface area contributed by atoms with Gasteiger partial charge in [-0.15, -0.1) is 0 Å². The van der Waals surface area contributed by atoms with Crippen LogP contribution in [0.4, 0.5) is 5.82 Å². The molecule has 0 unspecified atom stereocenters. The summed E-state index contributed by atoms with van der Waals surface area (Å²) in [7, 11) is 1.59. The number of hydrogen-bond donors (Lipinski definition) is 1. The molecule has 0 saturated heterocycles. The number of aromatic nitrogens is 2. The monoisotopic (exact) mass is 251 g/mol. The first-order valence-corrected chi connectivity index (χ1v) is 5.60. The van der Waals surface area contributed by atoms with E-state index in [1.165, 1.54) is 0 Å². The largest absolute Gasteiger partial charge is 0.495 e. The molecule has 0 bridgehead atoms. The summed E-state index contributed by atoms with van der Waals surface area (Å²) in [5, 5.41) is 4.89. The number of anilines is 1. The van der Waals surface area contributed by atoms with Crippen LogP contribution >= 0.6 is 11.6 Å². The van der Waals surface area contributed by atoms with E-state index in [-0.39, 0.29) is 0 Å². The van der Waals surface area contributed by atoms with Crippen LogP contribution in [0, 0.1) is 6.92 Å². The molecule has 1 aromatic carbocycles. The molecule has 0 aliphatic carbocycles. The molecule has 2 N–H and O–H groups in total. The number of ether oxygens (including phenoxy) is 1. The number of nitrogens with two attached hydrogens (primary N) is 1. The van der Waals surface area contributed by atoms with Crippen molar-refractivity contribution in [3.63, 3.8) is 0 Å². The molecular formula is C12H14ClN3O. The van der Waals surface area contributed by atoms with Gasteiger partial charge in [0.05, 0.1) is 24.4 Å². The maximum absolute atomic E-state index is 6.05. The Hall–Kier alpha value is -1.68. The lowest BCUT2D eigenvalue weighted by Crippen LogP contribution is -2.05. The molecule has 1 heterocycles. The van der Waals surface area contributed by atoms with Gasteiger partial charge < -0.3 is 10.5 Å². The normalized spacial score (nSPS) is 10.5. The fourth-order valence-corrected chi connectivity index (χ4v) is 1.95. The molecule has 1 aromatic heterocycles. The van der Waals surface area contributed by atoms with Gasteiger partial charge in [-0.2, -0.15) is 5.10 Å². The smallest absolute Gasteiger partial charge is 0.137 e. The number of hydrogen-bond acceptors (Lipinski definition) is 3. The molecule has 4 nitrogen and oxygen atoms in total. The van der Waals surface area contributed by atoms with Crippen LogP contribution in [0.3, 0.4) is 0 Å². The Morgan fingerprint density at radius 1 is 1.41 bits per heavy atom. The van der Waals surface area contributed by atoms with Crippen LogP contribution in [-0.4, -0.2) is 16.9 Å². The molecule has 90 valence electrons. The number of benzene rings is 1. The lowest BCUT2D eigenvalue weighted by Gasteiger charge is -2.07. The van der Waals surface area contributed by atoms with E-state index in [0.717, 1.165) is 11.3 Å². The van der Waals surface area contributed by atoms with E-state index in [1.54, 1.807) is 11.8 Å². The van der Waals surface area contributed by atoms with Crippen LogP contribution in [0.2, 0.25) is 5.02 Å². The number of nitrogen functional groups attached to an aromatic ring is 1. The van der Waals surface area contributed by atoms with Crippen molar-refractivity contribution in [2.45, 2.75) is 13.5 Å². The molecule has 0 amide bonds. The molecule has 0 radical (unpaired) electrons. The molecule has 0 fully saturated rings. The maximum atomic E-state index is 6.05. The highest BCUT2D eigenvalue weighted by atomic mass is 35.5. The van der Waals surface area contributed by atoms with Crippen molar-refractivity contribution in [2.24, 2.45) is 0 Å². The molecule has 0 aliphatic heterocycles. The molecule has 2 aromatic rings. The standard InChI is InChI=1S/C12H14ClN3O/c1-8-5-12(14)16(15-8)7-9-3-4-11(17-2)10(13)6-9/h3-6H,7,14H2,1-2H3. The molecule has 0 atom stereocenters. The van der Waals surface area contributed by atoms with E-state index < -0.39 is 0 Å². The van der Waals surface area contributed by atoms with E-state index in [4.69, 9.17) is 22.1 Å². The summed E-state index contributed by atoms with van der Waals surface area (Å²) >= 11 is 6.05. The van der Waals surface area contributed by atoms with Crippen molar-refractivity contribution in [1.29, 1.82) is 0 Å². The average Bonchev–Trinajstić information content (AvgIpc) is 2.58. The van der Waals surface area contributed by atoms with Gasteiger partial charge in [0.1, 0.15) is 11.6 Å². The highest BCUT2D eigenvalue weighted by Crippen LogP contribution is 2.25. The second-order valence-electron chi connectivity index (χ2n) is 3.84. The van der Waals surface area contributed by atoms with Crippen LogP contribution in [0.15, 0.2) is 24.3 Å². The summed E-state index contributed by atoms with van der Waals surface area (Å²) in [6.45, 7) is 2.51. The lowest BCUT2D eigenvalue weighted by atomic mass is 10.2. The van der Waals surface area contributed by atoms with Gasteiger partial charge in [-0.1, -0.05) is 17.7 Å². The number of nitrogens with zero attached hydrogens (tertiary/aromatic N) is 2. The Morgan fingerprint density at radius 2 is 2.18 bits per heavy atom. The van der Waals surface area contributed by atoms with Crippen LogP contribution in [-0.2, 0) is 6.54 Å². The minimum absolute atomic E-state index is 0.590. The number of aryl methyl sites for hydroxylation is 1. The Morgan fingerprint density at radius 3 is 2.71 bits per heavy atom. The zero-order valence-electron chi connectivity index (χ0n) is 9.77. The van der Waals surface area contributed by atoms with Crippen molar-refractivity contribution < 1.29 is 4.74 Å². The fraction of sp³-hybridized carbons (Fsp3) is 0.250. The van der Waals surface area contributed by atoms with E-state index in [0.29, 0.717) is 23.1 Å². The van der Waals surface area contributed by atoms with Crippen LogP contribution < -0.4 is 10.5 Å². The first-order valence-electron chi connectivity index (χ1n) is 5.22. The summed E-state index contributed by atoms with van der Waals surface area (Å²) in [4.78, 5) is 0. The maximum Gasteiger partial charge on any atom is 0.137 e. The molecule has 5 heteroatoms. The van der Waals surface area contributed by atoms with E-state index >= 15 is 0 Å². The predicted octanol–water partition coefficient (Wildman–Crippen LogP) is 2.48. The minimum atomic E-state index is 0.590. The molecule has 0 aliphatic rings. The highest BCUT2D eigenvalue weighted by molar-refractivity contribution is 6.32. The Labute approximate surface area is 105 Å². The SMILES string of the molecule is COc1ccc(Cn2nc(C)cc2N)cc1Cl. The summed E-state index contributed by atoms with van der Waals surface area (Å²) < 4.78 is 6.84. The zero-order valence-corrected chi connectivity index (χ0v) is 10.5. The third-order valence-corrected chi connectivity index (χ3v) is 2.78. The van der Waals surface area contributed by atoms with Gasteiger partial charge in [0, 0.05) is 6.07 Å². The topological polar surface area (TPSA) is 53.1 Å². The van der Waals surface area contributed by atoms with Gasteiger partial charge in [-0.05, 0) is 24.6 Å². The number of rotatable bonds is 3. The van der Waals surface area contributed by atoms with Gasteiger partial charge in [-0.3, -0.25) is 0 Å². The van der Waals surface area contributed by atoms with Crippen molar-refractivity contribution >= 4 is 17.4 Å². The summed E-state index contributed by atoms with van der Waals surface area (Å²) in [5.74, 6) is 1.31. The molecule has 0 spiro atoms. The van der Waals surface area contributed by atoms with Gasteiger partial charge in [0.25, 0.3) is 0 Å². The van der Waals surface area contributed by atoms with E-state index in [1.807, 2.05) is 31.2 Å². The van der Waals surface area contributed by atoms with Gasteiger partial charge >= 0.3 is 0 Å². The lowest BCUT2D eigenvalue weighted by molar-refractivity contribution is 0.415. The average molecular weight is 252 g/mol. The second kappa shape index (κ2) is 4.67.